The number of piperidine rings is 1. The smallest absolute Gasteiger partial charge is 0.133 e. The fourth-order valence-electron chi connectivity index (χ4n) is 8.69. The zero-order valence-electron chi connectivity index (χ0n) is 31.2. The summed E-state index contributed by atoms with van der Waals surface area (Å²) in [5.41, 5.74) is 10.1. The minimum Gasteiger partial charge on any atom is -0.375 e. The fraction of sp³-hybridized carbons (Fsp3) is 0.614. The lowest BCUT2D eigenvalue weighted by Gasteiger charge is -2.37. The van der Waals surface area contributed by atoms with E-state index in [0.717, 1.165) is 42.7 Å². The van der Waals surface area contributed by atoms with Crippen LogP contribution in [0.5, 0.6) is 0 Å². The molecule has 0 aromatic carbocycles. The number of aromatic nitrogens is 2. The third kappa shape index (κ3) is 9.32. The number of nitrogens with zero attached hydrogens (tertiary/aromatic N) is 5. The van der Waals surface area contributed by atoms with Gasteiger partial charge in [-0.2, -0.15) is 0 Å². The summed E-state index contributed by atoms with van der Waals surface area (Å²) in [7, 11) is 0. The minimum absolute atomic E-state index is 0.579. The predicted octanol–water partition coefficient (Wildman–Crippen LogP) is 11.1. The van der Waals surface area contributed by atoms with E-state index in [9.17, 15) is 0 Å². The maximum Gasteiger partial charge on any atom is 0.133 e. The topological polar surface area (TPSA) is 44.6 Å². The number of likely N-dealkylation sites (tertiary alicyclic amines) is 1. The fourth-order valence-corrected chi connectivity index (χ4v) is 8.69. The highest BCUT2D eigenvalue weighted by Crippen LogP contribution is 2.40. The highest BCUT2D eigenvalue weighted by Gasteiger charge is 2.31. The molecule has 5 nitrogen and oxygen atoms in total. The van der Waals surface area contributed by atoms with Crippen molar-refractivity contribution in [1.29, 1.82) is 0 Å². The van der Waals surface area contributed by atoms with E-state index in [2.05, 4.69) is 74.4 Å². The normalized spacial score (nSPS) is 24.4. The van der Waals surface area contributed by atoms with Crippen molar-refractivity contribution in [2.45, 2.75) is 130 Å². The Hall–Kier alpha value is -3.21. The van der Waals surface area contributed by atoms with Crippen LogP contribution >= 0.6 is 0 Å². The van der Waals surface area contributed by atoms with Gasteiger partial charge in [0.25, 0.3) is 0 Å². The van der Waals surface area contributed by atoms with E-state index in [0.29, 0.717) is 17.8 Å². The molecule has 0 bridgehead atoms. The zero-order valence-corrected chi connectivity index (χ0v) is 31.2. The van der Waals surface area contributed by atoms with Crippen molar-refractivity contribution in [1.82, 2.24) is 14.9 Å². The van der Waals surface area contributed by atoms with Gasteiger partial charge in [0.2, 0.25) is 0 Å². The number of allylic oxidation sites excluding steroid dienone is 3. The van der Waals surface area contributed by atoms with Crippen molar-refractivity contribution < 1.29 is 0 Å². The van der Waals surface area contributed by atoms with Gasteiger partial charge in [0, 0.05) is 72.2 Å². The molecule has 1 atom stereocenters. The molecule has 2 aromatic rings. The van der Waals surface area contributed by atoms with Crippen molar-refractivity contribution in [3.8, 4) is 0 Å². The molecule has 264 valence electrons. The van der Waals surface area contributed by atoms with Gasteiger partial charge in [-0.1, -0.05) is 58.4 Å². The molecule has 2 aliphatic heterocycles. The van der Waals surface area contributed by atoms with Crippen LogP contribution < -0.4 is 4.90 Å². The SMILES string of the molecule is C=C(C)N1CCCC(C)C1.C=C(C1CCCCC1)N(CC1CCC(c2ccc(CC)c(C)n2)CC1)c1cc(C2=CCC(C3CC3)=N2)ccn1. The van der Waals surface area contributed by atoms with E-state index in [1.165, 1.54) is 136 Å². The van der Waals surface area contributed by atoms with Gasteiger partial charge in [0.05, 0.1) is 5.70 Å². The largest absolute Gasteiger partial charge is 0.375 e. The number of aryl methyl sites for hydroxylation is 2. The van der Waals surface area contributed by atoms with Crippen LogP contribution in [0.15, 0.2) is 66.1 Å². The quantitative estimate of drug-likeness (QED) is 0.254. The molecule has 0 N–H and O–H groups in total. The predicted molar refractivity (Wildman–Crippen MR) is 208 cm³/mol. The van der Waals surface area contributed by atoms with Crippen LogP contribution in [0.4, 0.5) is 5.82 Å². The number of rotatable bonds is 10. The van der Waals surface area contributed by atoms with Crippen molar-refractivity contribution in [2.24, 2.45) is 28.7 Å². The first-order chi connectivity index (χ1) is 23.8. The van der Waals surface area contributed by atoms with Gasteiger partial charge in [0.1, 0.15) is 5.82 Å². The first kappa shape index (κ1) is 35.6. The highest BCUT2D eigenvalue weighted by molar-refractivity contribution is 5.98. The molecule has 5 aliphatic rings. The molecule has 3 saturated carbocycles. The van der Waals surface area contributed by atoms with Crippen molar-refractivity contribution in [3.05, 3.63) is 83.6 Å². The molecule has 3 aliphatic carbocycles. The van der Waals surface area contributed by atoms with Crippen LogP contribution in [0.25, 0.3) is 5.70 Å². The first-order valence-corrected chi connectivity index (χ1v) is 19.9. The molecule has 1 unspecified atom stereocenters. The van der Waals surface area contributed by atoms with Gasteiger partial charge in [-0.25, -0.2) is 4.98 Å². The van der Waals surface area contributed by atoms with Crippen molar-refractivity contribution in [3.63, 3.8) is 0 Å². The molecule has 1 saturated heterocycles. The Morgan fingerprint density at radius 2 is 1.67 bits per heavy atom. The monoisotopic (exact) mass is 662 g/mol. The molecular weight excluding hydrogens is 599 g/mol. The van der Waals surface area contributed by atoms with E-state index in [-0.39, 0.29) is 0 Å². The summed E-state index contributed by atoms with van der Waals surface area (Å²) < 4.78 is 0. The summed E-state index contributed by atoms with van der Waals surface area (Å²) in [6.45, 7) is 20.9. The average Bonchev–Trinajstić information content (AvgIpc) is 3.87. The second kappa shape index (κ2) is 16.7. The Morgan fingerprint density at radius 1 is 0.918 bits per heavy atom. The van der Waals surface area contributed by atoms with Crippen molar-refractivity contribution in [2.75, 3.05) is 24.5 Å². The van der Waals surface area contributed by atoms with E-state index < -0.39 is 0 Å². The minimum atomic E-state index is 0.579. The lowest BCUT2D eigenvalue weighted by atomic mass is 9.79. The summed E-state index contributed by atoms with van der Waals surface area (Å²) in [5, 5.41) is 0. The molecule has 2 aromatic heterocycles. The number of hydrogen-bond acceptors (Lipinski definition) is 5. The molecular formula is C44H63N5. The van der Waals surface area contributed by atoms with Gasteiger partial charge >= 0.3 is 0 Å². The van der Waals surface area contributed by atoms with E-state index in [1.54, 1.807) is 0 Å². The van der Waals surface area contributed by atoms with E-state index in [4.69, 9.17) is 21.5 Å². The average molecular weight is 662 g/mol. The second-order valence-electron chi connectivity index (χ2n) is 16.0. The number of anilines is 1. The third-order valence-electron chi connectivity index (χ3n) is 12.1. The second-order valence-corrected chi connectivity index (χ2v) is 16.0. The number of pyridine rings is 2. The number of aliphatic imine (C=N–C) groups is 1. The van der Waals surface area contributed by atoms with Gasteiger partial charge in [0.15, 0.2) is 0 Å². The Kier molecular flexibility index (Phi) is 12.1. The van der Waals surface area contributed by atoms with Crippen LogP contribution in [0, 0.1) is 30.6 Å². The summed E-state index contributed by atoms with van der Waals surface area (Å²) in [4.78, 5) is 19.8. The molecule has 4 fully saturated rings. The zero-order chi connectivity index (χ0) is 34.3. The Labute approximate surface area is 298 Å². The Balaban J connectivity index is 0.000000359. The van der Waals surface area contributed by atoms with Crippen LogP contribution in [-0.4, -0.2) is 40.2 Å². The lowest BCUT2D eigenvalue weighted by molar-refractivity contribution is 0.230. The molecule has 49 heavy (non-hydrogen) atoms. The molecule has 4 heterocycles. The van der Waals surface area contributed by atoms with Gasteiger partial charge in [-0.15, -0.1) is 0 Å². The van der Waals surface area contributed by atoms with E-state index >= 15 is 0 Å². The number of hydrogen-bond donors (Lipinski definition) is 0. The molecule has 5 heteroatoms. The summed E-state index contributed by atoms with van der Waals surface area (Å²) in [5.74, 6) is 4.50. The van der Waals surface area contributed by atoms with Crippen LogP contribution in [-0.2, 0) is 6.42 Å². The Bertz CT molecular complexity index is 1500. The Morgan fingerprint density at radius 3 is 2.33 bits per heavy atom. The van der Waals surface area contributed by atoms with Gasteiger partial charge in [-0.05, 0) is 132 Å². The maximum absolute atomic E-state index is 5.03. The van der Waals surface area contributed by atoms with E-state index in [1.807, 2.05) is 6.20 Å². The first-order valence-electron chi connectivity index (χ1n) is 19.9. The standard InChI is InChI=1S/C35H46N4.C9H17N/c1-4-27-16-17-32(37-24(27)2)29-12-10-26(11-13-29)23-39(25(3)28-8-6-5-7-9-28)35-22-31(20-21-36-35)34-19-18-33(38-34)30-14-15-30;1-8(2)10-6-4-5-9(3)7-10/h16-17,19-22,26,28-30H,3-15,18,23H2,1-2H3;9H,1,4-7H2,2-3H3. The maximum atomic E-state index is 5.03. The molecule has 0 radical (unpaired) electrons. The molecule has 0 amide bonds. The highest BCUT2D eigenvalue weighted by atomic mass is 15.2. The molecule has 0 spiro atoms. The van der Waals surface area contributed by atoms with Crippen LogP contribution in [0.3, 0.4) is 0 Å². The van der Waals surface area contributed by atoms with Crippen LogP contribution in [0.2, 0.25) is 0 Å². The van der Waals surface area contributed by atoms with Crippen LogP contribution in [0.1, 0.15) is 139 Å². The summed E-state index contributed by atoms with van der Waals surface area (Å²) in [6, 6.07) is 9.01. The molecule has 7 rings (SSSR count). The van der Waals surface area contributed by atoms with Crippen molar-refractivity contribution >= 4 is 17.2 Å². The summed E-state index contributed by atoms with van der Waals surface area (Å²) >= 11 is 0. The van der Waals surface area contributed by atoms with Gasteiger partial charge < -0.3 is 9.80 Å². The summed E-state index contributed by atoms with van der Waals surface area (Å²) in [6.07, 6.45) is 23.2. The van der Waals surface area contributed by atoms with Gasteiger partial charge in [-0.3, -0.25) is 9.98 Å². The third-order valence-corrected chi connectivity index (χ3v) is 12.1. The lowest BCUT2D eigenvalue weighted by Crippen LogP contribution is -2.34.